The Balaban J connectivity index is 1.97. The molecule has 0 aliphatic heterocycles. The maximum Gasteiger partial charge on any atom is 0.326 e. The van der Waals surface area contributed by atoms with Gasteiger partial charge in [-0.15, -0.1) is 0 Å². The molecule has 2 N–H and O–H groups in total. The minimum absolute atomic E-state index is 0.256. The number of carboxylic acid groups (broad SMARTS) is 1. The second-order valence-corrected chi connectivity index (χ2v) is 5.90. The number of hydrogen-bond donors (Lipinski definition) is 2. The molecule has 1 fully saturated rings. The quantitative estimate of drug-likeness (QED) is 0.812. The van der Waals surface area contributed by atoms with E-state index in [0.29, 0.717) is 13.0 Å². The summed E-state index contributed by atoms with van der Waals surface area (Å²) < 4.78 is 0. The van der Waals surface area contributed by atoms with Crippen LogP contribution in [0.5, 0.6) is 0 Å². The molecule has 0 radical (unpaired) electrons. The van der Waals surface area contributed by atoms with Crippen LogP contribution >= 0.6 is 11.3 Å². The van der Waals surface area contributed by atoms with Gasteiger partial charge in [-0.2, -0.15) is 11.3 Å². The number of aliphatic carboxylic acids is 1. The van der Waals surface area contributed by atoms with Gasteiger partial charge in [0.2, 0.25) is 0 Å². The Morgan fingerprint density at radius 2 is 2.30 bits per heavy atom. The maximum absolute atomic E-state index is 12.3. The summed E-state index contributed by atoms with van der Waals surface area (Å²) in [5.74, 6) is -0.966. The molecule has 110 valence electrons. The molecule has 0 saturated heterocycles. The van der Waals surface area contributed by atoms with Crippen LogP contribution in [0.4, 0.5) is 4.79 Å². The van der Waals surface area contributed by atoms with Crippen molar-refractivity contribution in [2.24, 2.45) is 0 Å². The highest BCUT2D eigenvalue weighted by Gasteiger charge is 2.34. The zero-order valence-corrected chi connectivity index (χ0v) is 12.4. The first kappa shape index (κ1) is 14.8. The van der Waals surface area contributed by atoms with E-state index in [4.69, 9.17) is 5.11 Å². The summed E-state index contributed by atoms with van der Waals surface area (Å²) in [5, 5.41) is 15.8. The molecule has 0 bridgehead atoms. The number of rotatable bonds is 7. The van der Waals surface area contributed by atoms with Crippen LogP contribution in [0.25, 0.3) is 0 Å². The van der Waals surface area contributed by atoms with E-state index in [1.54, 1.807) is 16.2 Å². The second kappa shape index (κ2) is 6.74. The molecule has 6 heteroatoms. The van der Waals surface area contributed by atoms with Crippen LogP contribution in [-0.4, -0.2) is 34.1 Å². The van der Waals surface area contributed by atoms with Crippen molar-refractivity contribution in [2.45, 2.75) is 51.2 Å². The van der Waals surface area contributed by atoms with Crippen LogP contribution in [0.3, 0.4) is 0 Å². The van der Waals surface area contributed by atoms with Gasteiger partial charge in [-0.3, -0.25) is 0 Å². The van der Waals surface area contributed by atoms with E-state index in [-0.39, 0.29) is 12.1 Å². The summed E-state index contributed by atoms with van der Waals surface area (Å²) in [6.45, 7) is 2.46. The van der Waals surface area contributed by atoms with Gasteiger partial charge in [-0.25, -0.2) is 9.59 Å². The number of thiophene rings is 1. The van der Waals surface area contributed by atoms with E-state index in [9.17, 15) is 9.59 Å². The maximum atomic E-state index is 12.3. The van der Waals surface area contributed by atoms with Crippen molar-refractivity contribution < 1.29 is 14.7 Å². The normalized spacial score (nSPS) is 15.7. The highest BCUT2D eigenvalue weighted by atomic mass is 32.1. The molecular formula is C14H20N2O3S. The average molecular weight is 296 g/mol. The molecule has 1 heterocycles. The minimum Gasteiger partial charge on any atom is -0.480 e. The summed E-state index contributed by atoms with van der Waals surface area (Å²) >= 11 is 1.60. The Bertz CT molecular complexity index is 457. The molecule has 1 unspecified atom stereocenters. The predicted octanol–water partition coefficient (Wildman–Crippen LogP) is 2.68. The van der Waals surface area contributed by atoms with Crippen LogP contribution in [0, 0.1) is 0 Å². The third-order valence-corrected chi connectivity index (χ3v) is 4.09. The van der Waals surface area contributed by atoms with Gasteiger partial charge in [0.05, 0.1) is 0 Å². The molecular weight excluding hydrogens is 276 g/mol. The van der Waals surface area contributed by atoms with E-state index in [0.717, 1.165) is 24.8 Å². The molecule has 1 saturated carbocycles. The number of nitrogens with zero attached hydrogens (tertiary/aromatic N) is 1. The van der Waals surface area contributed by atoms with Gasteiger partial charge in [-0.1, -0.05) is 13.3 Å². The SMILES string of the molecule is CCCC(NC(=O)N(Cc1ccsc1)C1CC1)C(=O)O. The van der Waals surface area contributed by atoms with Crippen molar-refractivity contribution in [3.63, 3.8) is 0 Å². The topological polar surface area (TPSA) is 69.6 Å². The van der Waals surface area contributed by atoms with Crippen LogP contribution in [0.15, 0.2) is 16.8 Å². The van der Waals surface area contributed by atoms with Gasteiger partial charge in [0, 0.05) is 12.6 Å². The first-order valence-corrected chi connectivity index (χ1v) is 7.87. The lowest BCUT2D eigenvalue weighted by atomic mass is 10.2. The van der Waals surface area contributed by atoms with Gasteiger partial charge in [0.15, 0.2) is 0 Å². The molecule has 1 aromatic heterocycles. The molecule has 1 aliphatic rings. The first-order valence-electron chi connectivity index (χ1n) is 6.92. The van der Waals surface area contributed by atoms with Gasteiger partial charge in [0.25, 0.3) is 0 Å². The van der Waals surface area contributed by atoms with Crippen LogP contribution in [0.2, 0.25) is 0 Å². The average Bonchev–Trinajstić information content (AvgIpc) is 3.12. The molecule has 5 nitrogen and oxygen atoms in total. The molecule has 1 aromatic rings. The zero-order valence-electron chi connectivity index (χ0n) is 11.5. The standard InChI is InChI=1S/C14H20N2O3S/c1-2-3-12(13(17)18)15-14(19)16(11-4-5-11)8-10-6-7-20-9-10/h6-7,9,11-12H,2-5,8H2,1H3,(H,15,19)(H,17,18). The highest BCUT2D eigenvalue weighted by Crippen LogP contribution is 2.28. The van der Waals surface area contributed by atoms with Gasteiger partial charge >= 0.3 is 12.0 Å². The lowest BCUT2D eigenvalue weighted by molar-refractivity contribution is -0.139. The Kier molecular flexibility index (Phi) is 5.00. The van der Waals surface area contributed by atoms with E-state index in [1.807, 2.05) is 23.8 Å². The van der Waals surface area contributed by atoms with E-state index in [1.165, 1.54) is 0 Å². The van der Waals surface area contributed by atoms with E-state index < -0.39 is 12.0 Å². The Labute approximate surface area is 122 Å². The zero-order chi connectivity index (χ0) is 14.5. The lowest BCUT2D eigenvalue weighted by Crippen LogP contribution is -2.48. The smallest absolute Gasteiger partial charge is 0.326 e. The first-order chi connectivity index (χ1) is 9.61. The van der Waals surface area contributed by atoms with Crippen molar-refractivity contribution >= 4 is 23.3 Å². The van der Waals surface area contributed by atoms with E-state index >= 15 is 0 Å². The summed E-state index contributed by atoms with van der Waals surface area (Å²) in [7, 11) is 0. The Morgan fingerprint density at radius 1 is 1.55 bits per heavy atom. The van der Waals surface area contributed by atoms with Crippen LogP contribution in [-0.2, 0) is 11.3 Å². The number of carbonyl (C=O) groups is 2. The molecule has 2 rings (SSSR count). The fourth-order valence-electron chi connectivity index (χ4n) is 2.11. The van der Waals surface area contributed by atoms with Crippen LogP contribution < -0.4 is 5.32 Å². The lowest BCUT2D eigenvalue weighted by Gasteiger charge is -2.24. The molecule has 1 atom stereocenters. The number of urea groups is 1. The Morgan fingerprint density at radius 3 is 2.80 bits per heavy atom. The third-order valence-electron chi connectivity index (χ3n) is 3.35. The molecule has 0 aromatic carbocycles. The Hall–Kier alpha value is -1.56. The summed E-state index contributed by atoms with van der Waals surface area (Å²) in [5.41, 5.74) is 1.10. The van der Waals surface area contributed by atoms with Crippen molar-refractivity contribution in [1.29, 1.82) is 0 Å². The summed E-state index contributed by atoms with van der Waals surface area (Å²) in [6, 6.07) is 1.19. The number of hydrogen-bond acceptors (Lipinski definition) is 3. The number of carbonyl (C=O) groups excluding carboxylic acids is 1. The van der Waals surface area contributed by atoms with Gasteiger partial charge in [-0.05, 0) is 41.7 Å². The number of nitrogens with one attached hydrogen (secondary N) is 1. The number of amides is 2. The fraction of sp³-hybridized carbons (Fsp3) is 0.571. The monoisotopic (exact) mass is 296 g/mol. The molecule has 20 heavy (non-hydrogen) atoms. The highest BCUT2D eigenvalue weighted by molar-refractivity contribution is 7.07. The van der Waals surface area contributed by atoms with E-state index in [2.05, 4.69) is 5.32 Å². The fourth-order valence-corrected chi connectivity index (χ4v) is 2.77. The van der Waals surface area contributed by atoms with Crippen molar-refractivity contribution in [1.82, 2.24) is 10.2 Å². The predicted molar refractivity (Wildman–Crippen MR) is 77.7 cm³/mol. The van der Waals surface area contributed by atoms with Crippen molar-refractivity contribution in [3.05, 3.63) is 22.4 Å². The summed E-state index contributed by atoms with van der Waals surface area (Å²) in [6.07, 6.45) is 3.19. The molecule has 1 aliphatic carbocycles. The minimum atomic E-state index is -0.966. The van der Waals surface area contributed by atoms with Crippen LogP contribution in [0.1, 0.15) is 38.2 Å². The van der Waals surface area contributed by atoms with Gasteiger partial charge < -0.3 is 15.3 Å². The molecule has 2 amide bonds. The third kappa shape index (κ3) is 3.96. The second-order valence-electron chi connectivity index (χ2n) is 5.12. The number of carboxylic acids is 1. The molecule has 0 spiro atoms. The summed E-state index contributed by atoms with van der Waals surface area (Å²) in [4.78, 5) is 25.2. The van der Waals surface area contributed by atoms with Gasteiger partial charge in [0.1, 0.15) is 6.04 Å². The largest absolute Gasteiger partial charge is 0.480 e. The van der Waals surface area contributed by atoms with Crippen molar-refractivity contribution in [2.75, 3.05) is 0 Å². The van der Waals surface area contributed by atoms with Crippen molar-refractivity contribution in [3.8, 4) is 0 Å².